The molecule has 2 N–H and O–H groups in total. The third-order valence-electron chi connectivity index (χ3n) is 4.22. The highest BCUT2D eigenvalue weighted by Gasteiger charge is 2.16. The van der Waals surface area contributed by atoms with Crippen LogP contribution in [-0.2, 0) is 4.74 Å². The lowest BCUT2D eigenvalue weighted by Gasteiger charge is -2.20. The Balaban J connectivity index is 4.01. The van der Waals surface area contributed by atoms with Crippen LogP contribution in [-0.4, -0.2) is 35.1 Å². The van der Waals surface area contributed by atoms with Crippen molar-refractivity contribution in [1.82, 2.24) is 0 Å². The van der Waals surface area contributed by atoms with Gasteiger partial charge >= 0.3 is 0 Å². The first-order valence-corrected chi connectivity index (χ1v) is 9.81. The van der Waals surface area contributed by atoms with E-state index < -0.39 is 12.2 Å². The minimum atomic E-state index is -0.473. The van der Waals surface area contributed by atoms with Crippen molar-refractivity contribution in [1.29, 1.82) is 0 Å². The van der Waals surface area contributed by atoms with Gasteiger partial charge < -0.3 is 14.9 Å². The van der Waals surface area contributed by atoms with Crippen molar-refractivity contribution in [2.75, 3.05) is 6.61 Å². The molecule has 0 saturated carbocycles. The second-order valence-electron chi connectivity index (χ2n) is 6.49. The maximum atomic E-state index is 10.2. The first-order chi connectivity index (χ1) is 11.2. The van der Waals surface area contributed by atoms with E-state index in [2.05, 4.69) is 13.8 Å². The van der Waals surface area contributed by atoms with Gasteiger partial charge in [0.1, 0.15) is 6.10 Å². The SMILES string of the molecule is CCCCCCCCC(O)C=CC(OCC)C(O)CCCCC. The van der Waals surface area contributed by atoms with Crippen molar-refractivity contribution in [3.63, 3.8) is 0 Å². The summed E-state index contributed by atoms with van der Waals surface area (Å²) in [5, 5.41) is 20.3. The van der Waals surface area contributed by atoms with E-state index in [0.717, 1.165) is 38.5 Å². The van der Waals surface area contributed by atoms with Crippen molar-refractivity contribution >= 4 is 0 Å². The van der Waals surface area contributed by atoms with Crippen molar-refractivity contribution in [3.8, 4) is 0 Å². The number of aliphatic hydroxyl groups excluding tert-OH is 2. The Hall–Kier alpha value is -0.380. The summed E-state index contributed by atoms with van der Waals surface area (Å²) in [5.74, 6) is 0. The fourth-order valence-corrected chi connectivity index (χ4v) is 2.72. The summed E-state index contributed by atoms with van der Waals surface area (Å²) in [6, 6.07) is 0. The van der Waals surface area contributed by atoms with Gasteiger partial charge in [-0.1, -0.05) is 83.8 Å². The lowest BCUT2D eigenvalue weighted by atomic mass is 10.0. The molecule has 0 aromatic carbocycles. The minimum Gasteiger partial charge on any atom is -0.390 e. The molecule has 0 amide bonds. The smallest absolute Gasteiger partial charge is 0.101 e. The molecule has 0 aliphatic rings. The summed E-state index contributed by atoms with van der Waals surface area (Å²) in [7, 11) is 0. The van der Waals surface area contributed by atoms with Gasteiger partial charge in [-0.15, -0.1) is 0 Å². The number of rotatable bonds is 16. The fourth-order valence-electron chi connectivity index (χ4n) is 2.72. The Kier molecular flexibility index (Phi) is 16.2. The minimum absolute atomic E-state index is 0.295. The molecule has 0 bridgehead atoms. The second kappa shape index (κ2) is 16.5. The molecular formula is C20H40O3. The van der Waals surface area contributed by atoms with Crippen LogP contribution in [0.1, 0.15) is 91.4 Å². The first kappa shape index (κ1) is 22.6. The molecule has 0 radical (unpaired) electrons. The maximum absolute atomic E-state index is 10.2. The summed E-state index contributed by atoms with van der Waals surface area (Å²) >= 11 is 0. The van der Waals surface area contributed by atoms with E-state index in [1.165, 1.54) is 32.1 Å². The van der Waals surface area contributed by atoms with Gasteiger partial charge in [-0.25, -0.2) is 0 Å². The lowest BCUT2D eigenvalue weighted by molar-refractivity contribution is -0.00969. The van der Waals surface area contributed by atoms with Gasteiger partial charge in [-0.05, 0) is 19.8 Å². The molecule has 3 heteroatoms. The predicted molar refractivity (Wildman–Crippen MR) is 98.7 cm³/mol. The monoisotopic (exact) mass is 328 g/mol. The van der Waals surface area contributed by atoms with Crippen LogP contribution in [0.3, 0.4) is 0 Å². The number of aliphatic hydroxyl groups is 2. The normalized spacial score (nSPS) is 15.9. The molecule has 138 valence electrons. The van der Waals surface area contributed by atoms with Gasteiger partial charge in [-0.3, -0.25) is 0 Å². The average Bonchev–Trinajstić information content (AvgIpc) is 2.54. The van der Waals surface area contributed by atoms with Crippen molar-refractivity contribution in [3.05, 3.63) is 12.2 Å². The van der Waals surface area contributed by atoms with Gasteiger partial charge in [0.2, 0.25) is 0 Å². The van der Waals surface area contributed by atoms with Crippen molar-refractivity contribution in [2.24, 2.45) is 0 Å². The summed E-state index contributed by atoms with van der Waals surface area (Å²) in [5.41, 5.74) is 0. The molecule has 3 atom stereocenters. The Morgan fingerprint density at radius 1 is 0.739 bits per heavy atom. The Labute approximate surface area is 144 Å². The molecule has 0 fully saturated rings. The van der Waals surface area contributed by atoms with Crippen LogP contribution in [0, 0.1) is 0 Å². The molecule has 3 unspecified atom stereocenters. The molecule has 3 nitrogen and oxygen atoms in total. The molecule has 0 aromatic heterocycles. The number of ether oxygens (including phenoxy) is 1. The highest BCUT2D eigenvalue weighted by Crippen LogP contribution is 2.13. The standard InChI is InChI=1S/C20H40O3/c1-4-7-9-10-11-13-14-18(21)16-17-20(23-6-3)19(22)15-12-8-5-2/h16-22H,4-15H2,1-3H3. The quantitative estimate of drug-likeness (QED) is 0.310. The van der Waals surface area contributed by atoms with E-state index in [0.29, 0.717) is 6.61 Å². The zero-order valence-corrected chi connectivity index (χ0v) is 15.7. The van der Waals surface area contributed by atoms with Crippen LogP contribution >= 0.6 is 0 Å². The maximum Gasteiger partial charge on any atom is 0.101 e. The van der Waals surface area contributed by atoms with E-state index in [9.17, 15) is 10.2 Å². The van der Waals surface area contributed by atoms with E-state index >= 15 is 0 Å². The highest BCUT2D eigenvalue weighted by molar-refractivity contribution is 4.97. The van der Waals surface area contributed by atoms with E-state index in [-0.39, 0.29) is 6.10 Å². The lowest BCUT2D eigenvalue weighted by Crippen LogP contribution is -2.27. The van der Waals surface area contributed by atoms with Crippen molar-refractivity contribution in [2.45, 2.75) is 110 Å². The van der Waals surface area contributed by atoms with Gasteiger partial charge in [0.05, 0.1) is 12.2 Å². The summed E-state index contributed by atoms with van der Waals surface area (Å²) in [4.78, 5) is 0. The highest BCUT2D eigenvalue weighted by atomic mass is 16.5. The van der Waals surface area contributed by atoms with Crippen LogP contribution in [0.25, 0.3) is 0 Å². The molecule has 0 heterocycles. The molecule has 0 saturated heterocycles. The first-order valence-electron chi connectivity index (χ1n) is 9.81. The van der Waals surface area contributed by atoms with Crippen molar-refractivity contribution < 1.29 is 14.9 Å². The van der Waals surface area contributed by atoms with Gasteiger partial charge in [0, 0.05) is 6.61 Å². The fraction of sp³-hybridized carbons (Fsp3) is 0.900. The van der Waals surface area contributed by atoms with Crippen LogP contribution in [0.5, 0.6) is 0 Å². The Bertz CT molecular complexity index is 266. The van der Waals surface area contributed by atoms with E-state index in [1.807, 2.05) is 13.0 Å². The Morgan fingerprint density at radius 2 is 1.30 bits per heavy atom. The average molecular weight is 329 g/mol. The predicted octanol–water partition coefficient (Wildman–Crippen LogP) is 5.00. The van der Waals surface area contributed by atoms with Crippen LogP contribution < -0.4 is 0 Å². The molecular weight excluding hydrogens is 288 g/mol. The van der Waals surface area contributed by atoms with Crippen LogP contribution in [0.4, 0.5) is 0 Å². The summed E-state index contributed by atoms with van der Waals surface area (Å²) < 4.78 is 5.61. The summed E-state index contributed by atoms with van der Waals surface area (Å²) in [6.45, 7) is 6.89. The Morgan fingerprint density at radius 3 is 1.96 bits per heavy atom. The topological polar surface area (TPSA) is 49.7 Å². The third kappa shape index (κ3) is 13.7. The number of hydrogen-bond acceptors (Lipinski definition) is 3. The zero-order valence-electron chi connectivity index (χ0n) is 15.7. The summed E-state index contributed by atoms with van der Waals surface area (Å²) in [6.07, 6.45) is 14.7. The van der Waals surface area contributed by atoms with E-state index in [4.69, 9.17) is 4.74 Å². The van der Waals surface area contributed by atoms with Gasteiger partial charge in [0.25, 0.3) is 0 Å². The largest absolute Gasteiger partial charge is 0.390 e. The van der Waals surface area contributed by atoms with Crippen LogP contribution in [0.15, 0.2) is 12.2 Å². The van der Waals surface area contributed by atoms with Gasteiger partial charge in [-0.2, -0.15) is 0 Å². The molecule has 23 heavy (non-hydrogen) atoms. The second-order valence-corrected chi connectivity index (χ2v) is 6.49. The molecule has 0 aliphatic heterocycles. The third-order valence-corrected chi connectivity index (χ3v) is 4.22. The zero-order chi connectivity index (χ0) is 17.3. The molecule has 0 aromatic rings. The molecule has 0 rings (SSSR count). The molecule has 0 spiro atoms. The number of hydrogen-bond donors (Lipinski definition) is 2. The van der Waals surface area contributed by atoms with Gasteiger partial charge in [0.15, 0.2) is 0 Å². The van der Waals surface area contributed by atoms with E-state index in [1.54, 1.807) is 6.08 Å². The van der Waals surface area contributed by atoms with Crippen LogP contribution in [0.2, 0.25) is 0 Å². The number of unbranched alkanes of at least 4 members (excludes halogenated alkanes) is 7. The molecule has 0 aliphatic carbocycles.